The van der Waals surface area contributed by atoms with Crippen LogP contribution in [0.2, 0.25) is 0 Å². The number of aliphatic carboxylic acids is 1. The number of carboxylic acid groups (broad SMARTS) is 1. The maximum Gasteiger partial charge on any atom is 0.337 e. The Kier molecular flexibility index (Phi) is 2.43. The topological polar surface area (TPSA) is 86.6 Å². The molecule has 0 spiro atoms. The minimum Gasteiger partial charge on any atom is -0.479 e. The smallest absolute Gasteiger partial charge is 0.337 e. The monoisotopic (exact) mass is 235 g/mol. The molecule has 0 aliphatic carbocycles. The van der Waals surface area contributed by atoms with Crippen LogP contribution in [0.25, 0.3) is 0 Å². The van der Waals surface area contributed by atoms with Gasteiger partial charge in [-0.1, -0.05) is 6.07 Å². The first-order chi connectivity index (χ1) is 7.84. The summed E-state index contributed by atoms with van der Waals surface area (Å²) in [5.41, 5.74) is 0.950. The van der Waals surface area contributed by atoms with E-state index in [4.69, 9.17) is 5.11 Å². The summed E-state index contributed by atoms with van der Waals surface area (Å²) in [5.74, 6) is -1.44. The molecule has 17 heavy (non-hydrogen) atoms. The first-order valence-electron chi connectivity index (χ1n) is 5.21. The summed E-state index contributed by atoms with van der Waals surface area (Å²) >= 11 is 0. The maximum atomic E-state index is 11.7. The van der Waals surface area contributed by atoms with Gasteiger partial charge in [0.25, 0.3) is 0 Å². The fourth-order valence-corrected chi connectivity index (χ4v) is 1.90. The summed E-state index contributed by atoms with van der Waals surface area (Å²) in [5, 5.41) is 20.9. The normalized spacial score (nSPS) is 18.4. The van der Waals surface area contributed by atoms with Gasteiger partial charge in [0.2, 0.25) is 5.91 Å². The molecule has 0 bridgehead atoms. The summed E-state index contributed by atoms with van der Waals surface area (Å²) in [6, 6.07) is 4.68. The molecule has 1 aromatic rings. The van der Waals surface area contributed by atoms with Crippen LogP contribution >= 0.6 is 0 Å². The predicted molar refractivity (Wildman–Crippen MR) is 60.7 cm³/mol. The van der Waals surface area contributed by atoms with Crippen LogP contribution in [0.5, 0.6) is 0 Å². The molecule has 90 valence electrons. The quantitative estimate of drug-likeness (QED) is 0.714. The molecule has 0 saturated carbocycles. The van der Waals surface area contributed by atoms with Crippen molar-refractivity contribution in [3.63, 3.8) is 0 Å². The maximum absolute atomic E-state index is 11.7. The minimum absolute atomic E-state index is 0.130. The number of carbonyl (C=O) groups is 2. The van der Waals surface area contributed by atoms with E-state index in [0.29, 0.717) is 11.3 Å². The molecule has 0 saturated heterocycles. The lowest BCUT2D eigenvalue weighted by Gasteiger charge is -2.16. The third kappa shape index (κ3) is 1.68. The Hall–Kier alpha value is -1.88. The van der Waals surface area contributed by atoms with Crippen LogP contribution in [0, 0.1) is 0 Å². The average Bonchev–Trinajstić information content (AvgIpc) is 2.49. The standard InChI is InChI=1S/C12H13NO4/c1-12(2)7-5-6(9(14)10(15)16)3-4-8(7)13-11(12)17/h3-5,9,14H,1-2H3,(H,13,17)(H,15,16). The molecule has 5 heteroatoms. The Balaban J connectivity index is 2.49. The number of benzene rings is 1. The molecule has 0 fully saturated rings. The first-order valence-corrected chi connectivity index (χ1v) is 5.21. The molecular formula is C12H13NO4. The Labute approximate surface area is 98.1 Å². The lowest BCUT2D eigenvalue weighted by molar-refractivity contribution is -0.146. The van der Waals surface area contributed by atoms with Crippen LogP contribution in [0.3, 0.4) is 0 Å². The van der Waals surface area contributed by atoms with Gasteiger partial charge in [-0.25, -0.2) is 4.79 Å². The molecule has 1 aromatic carbocycles. The van der Waals surface area contributed by atoms with Crippen LogP contribution in [-0.4, -0.2) is 22.1 Å². The molecular weight excluding hydrogens is 222 g/mol. The number of aliphatic hydroxyl groups excluding tert-OH is 1. The second-order valence-corrected chi connectivity index (χ2v) is 4.62. The van der Waals surface area contributed by atoms with E-state index in [0.717, 1.165) is 0 Å². The third-order valence-corrected chi connectivity index (χ3v) is 3.08. The number of hydrogen-bond donors (Lipinski definition) is 3. The van der Waals surface area contributed by atoms with Crippen molar-refractivity contribution in [3.8, 4) is 0 Å². The van der Waals surface area contributed by atoms with Crippen LogP contribution in [-0.2, 0) is 15.0 Å². The number of hydrogen-bond acceptors (Lipinski definition) is 3. The Morgan fingerprint density at radius 2 is 2.06 bits per heavy atom. The average molecular weight is 235 g/mol. The van der Waals surface area contributed by atoms with Gasteiger partial charge in [0, 0.05) is 5.69 Å². The molecule has 1 unspecified atom stereocenters. The molecule has 1 atom stereocenters. The summed E-state index contributed by atoms with van der Waals surface area (Å²) in [7, 11) is 0. The number of amides is 1. The van der Waals surface area contributed by atoms with Crippen LogP contribution < -0.4 is 5.32 Å². The van der Waals surface area contributed by atoms with E-state index in [1.807, 2.05) is 0 Å². The Morgan fingerprint density at radius 3 is 2.65 bits per heavy atom. The number of fused-ring (bicyclic) bond motifs is 1. The highest BCUT2D eigenvalue weighted by Crippen LogP contribution is 2.38. The molecule has 0 aromatic heterocycles. The van der Waals surface area contributed by atoms with Gasteiger partial charge in [0.15, 0.2) is 6.10 Å². The third-order valence-electron chi connectivity index (χ3n) is 3.08. The SMILES string of the molecule is CC1(C)C(=O)Nc2ccc(C(O)C(=O)O)cc21. The van der Waals surface area contributed by atoms with E-state index in [9.17, 15) is 14.7 Å². The Bertz CT molecular complexity index is 507. The van der Waals surface area contributed by atoms with Gasteiger partial charge < -0.3 is 15.5 Å². The van der Waals surface area contributed by atoms with Crippen molar-refractivity contribution in [2.75, 3.05) is 5.32 Å². The zero-order chi connectivity index (χ0) is 12.8. The number of carboxylic acids is 1. The van der Waals surface area contributed by atoms with Gasteiger partial charge in [0.05, 0.1) is 5.41 Å². The van der Waals surface area contributed by atoms with Crippen molar-refractivity contribution in [3.05, 3.63) is 29.3 Å². The molecule has 1 aliphatic heterocycles. The number of aliphatic hydroxyl groups is 1. The lowest BCUT2D eigenvalue weighted by atomic mass is 9.85. The van der Waals surface area contributed by atoms with Crippen molar-refractivity contribution in [2.45, 2.75) is 25.4 Å². The first kappa shape index (κ1) is 11.6. The van der Waals surface area contributed by atoms with E-state index in [1.165, 1.54) is 6.07 Å². The number of rotatable bonds is 2. The largest absolute Gasteiger partial charge is 0.479 e. The van der Waals surface area contributed by atoms with Crippen molar-refractivity contribution >= 4 is 17.6 Å². The highest BCUT2D eigenvalue weighted by atomic mass is 16.4. The zero-order valence-corrected chi connectivity index (χ0v) is 9.52. The van der Waals surface area contributed by atoms with Gasteiger partial charge in [-0.05, 0) is 37.1 Å². The number of carbonyl (C=O) groups excluding carboxylic acids is 1. The van der Waals surface area contributed by atoms with Crippen molar-refractivity contribution in [1.82, 2.24) is 0 Å². The summed E-state index contributed by atoms with van der Waals surface area (Å²) in [6.07, 6.45) is -1.56. The molecule has 5 nitrogen and oxygen atoms in total. The fourth-order valence-electron chi connectivity index (χ4n) is 1.90. The molecule has 1 aliphatic rings. The van der Waals surface area contributed by atoms with E-state index < -0.39 is 17.5 Å². The van der Waals surface area contributed by atoms with Crippen LogP contribution in [0.15, 0.2) is 18.2 Å². The molecule has 0 radical (unpaired) electrons. The van der Waals surface area contributed by atoms with Crippen LogP contribution in [0.4, 0.5) is 5.69 Å². The second kappa shape index (κ2) is 3.56. The highest BCUT2D eigenvalue weighted by Gasteiger charge is 2.38. The minimum atomic E-state index is -1.56. The molecule has 1 heterocycles. The van der Waals surface area contributed by atoms with Crippen molar-refractivity contribution in [2.24, 2.45) is 0 Å². The van der Waals surface area contributed by atoms with E-state index in [-0.39, 0.29) is 11.5 Å². The predicted octanol–water partition coefficient (Wildman–Crippen LogP) is 1.03. The summed E-state index contributed by atoms with van der Waals surface area (Å²) < 4.78 is 0. The molecule has 1 amide bonds. The van der Waals surface area contributed by atoms with Gasteiger partial charge in [-0.2, -0.15) is 0 Å². The van der Waals surface area contributed by atoms with E-state index in [1.54, 1.807) is 26.0 Å². The van der Waals surface area contributed by atoms with Gasteiger partial charge >= 0.3 is 5.97 Å². The van der Waals surface area contributed by atoms with Gasteiger partial charge in [-0.15, -0.1) is 0 Å². The van der Waals surface area contributed by atoms with Crippen molar-refractivity contribution in [1.29, 1.82) is 0 Å². The fraction of sp³-hybridized carbons (Fsp3) is 0.333. The second-order valence-electron chi connectivity index (χ2n) is 4.62. The molecule has 3 N–H and O–H groups in total. The lowest BCUT2D eigenvalue weighted by Crippen LogP contribution is -2.27. The summed E-state index contributed by atoms with van der Waals surface area (Å²) in [4.78, 5) is 22.4. The van der Waals surface area contributed by atoms with E-state index in [2.05, 4.69) is 5.32 Å². The Morgan fingerprint density at radius 1 is 1.41 bits per heavy atom. The summed E-state index contributed by atoms with van der Waals surface area (Å²) in [6.45, 7) is 3.51. The molecule has 2 rings (SSSR count). The van der Waals surface area contributed by atoms with Gasteiger partial charge in [-0.3, -0.25) is 4.79 Å². The number of nitrogens with one attached hydrogen (secondary N) is 1. The zero-order valence-electron chi connectivity index (χ0n) is 9.52. The van der Waals surface area contributed by atoms with Gasteiger partial charge in [0.1, 0.15) is 0 Å². The van der Waals surface area contributed by atoms with Crippen LogP contribution in [0.1, 0.15) is 31.1 Å². The number of anilines is 1. The van der Waals surface area contributed by atoms with E-state index >= 15 is 0 Å². The highest BCUT2D eigenvalue weighted by molar-refractivity contribution is 6.05. The van der Waals surface area contributed by atoms with Crippen molar-refractivity contribution < 1.29 is 19.8 Å².